The highest BCUT2D eigenvalue weighted by Crippen LogP contribution is 2.17. The molecule has 18 heavy (non-hydrogen) atoms. The van der Waals surface area contributed by atoms with Crippen molar-refractivity contribution in [3.63, 3.8) is 0 Å². The zero-order valence-electron chi connectivity index (χ0n) is 12.0. The summed E-state index contributed by atoms with van der Waals surface area (Å²) in [5.41, 5.74) is 5.73. The van der Waals surface area contributed by atoms with Crippen LogP contribution in [0, 0.1) is 0 Å². The molecule has 1 aromatic heterocycles. The first-order valence-corrected chi connectivity index (χ1v) is 6.34. The molecule has 0 aliphatic carbocycles. The maximum absolute atomic E-state index is 5.73. The van der Waals surface area contributed by atoms with Crippen molar-refractivity contribution in [3.05, 3.63) is 5.82 Å². The van der Waals surface area contributed by atoms with Crippen LogP contribution >= 0.6 is 0 Å². The molecule has 1 unspecified atom stereocenters. The number of nitrogen functional groups attached to an aromatic ring is 1. The average Bonchev–Trinajstić information content (AvgIpc) is 2.34. The average molecular weight is 252 g/mol. The molecular weight excluding hydrogens is 228 g/mol. The van der Waals surface area contributed by atoms with Crippen molar-refractivity contribution < 1.29 is 0 Å². The van der Waals surface area contributed by atoms with E-state index in [0.717, 1.165) is 12.4 Å². The van der Waals surface area contributed by atoms with Crippen LogP contribution in [-0.4, -0.2) is 47.5 Å². The summed E-state index contributed by atoms with van der Waals surface area (Å²) in [4.78, 5) is 16.8. The van der Waals surface area contributed by atoms with Crippen molar-refractivity contribution >= 4 is 11.9 Å². The van der Waals surface area contributed by atoms with Crippen LogP contribution in [0.2, 0.25) is 0 Å². The number of nitrogens with two attached hydrogens (primary N) is 1. The number of nitrogens with zero attached hydrogens (tertiary/aromatic N) is 5. The molecule has 0 spiro atoms. The quantitative estimate of drug-likeness (QED) is 0.823. The molecule has 2 N–H and O–H groups in total. The zero-order valence-corrected chi connectivity index (χ0v) is 12.0. The molecule has 1 rings (SSSR count). The minimum absolute atomic E-state index is 0.139. The highest BCUT2D eigenvalue weighted by atomic mass is 15.3. The van der Waals surface area contributed by atoms with Crippen molar-refractivity contribution in [3.8, 4) is 0 Å². The van der Waals surface area contributed by atoms with Crippen molar-refractivity contribution in [2.75, 3.05) is 38.3 Å². The second-order valence-electron chi connectivity index (χ2n) is 4.76. The Kier molecular flexibility index (Phi) is 5.27. The number of anilines is 2. The van der Waals surface area contributed by atoms with Gasteiger partial charge in [0.05, 0.1) is 6.04 Å². The fraction of sp³-hybridized carbons (Fsp3) is 0.750. The lowest BCUT2D eigenvalue weighted by Crippen LogP contribution is -2.26. The second-order valence-corrected chi connectivity index (χ2v) is 4.76. The van der Waals surface area contributed by atoms with Gasteiger partial charge < -0.3 is 10.6 Å². The molecule has 102 valence electrons. The van der Waals surface area contributed by atoms with Crippen LogP contribution in [0.4, 0.5) is 11.9 Å². The first kappa shape index (κ1) is 14.6. The predicted molar refractivity (Wildman–Crippen MR) is 74.5 cm³/mol. The number of unbranched alkanes of at least 4 members (excludes halogenated alkanes) is 1. The van der Waals surface area contributed by atoms with E-state index in [1.54, 1.807) is 0 Å². The first-order chi connectivity index (χ1) is 8.45. The van der Waals surface area contributed by atoms with Crippen LogP contribution in [-0.2, 0) is 0 Å². The molecule has 0 radical (unpaired) electrons. The minimum atomic E-state index is 0.139. The SMILES string of the molecule is CCCCN(C)C(C)c1nc(N)nc(N(C)C)n1. The molecule has 1 atom stereocenters. The van der Waals surface area contributed by atoms with Gasteiger partial charge in [0.1, 0.15) is 0 Å². The molecule has 0 aliphatic rings. The molecular formula is C12H24N6. The van der Waals surface area contributed by atoms with E-state index in [2.05, 4.69) is 40.7 Å². The minimum Gasteiger partial charge on any atom is -0.368 e. The van der Waals surface area contributed by atoms with Gasteiger partial charge in [0.2, 0.25) is 11.9 Å². The fourth-order valence-corrected chi connectivity index (χ4v) is 1.58. The molecule has 0 aliphatic heterocycles. The molecule has 6 nitrogen and oxygen atoms in total. The van der Waals surface area contributed by atoms with Gasteiger partial charge in [0, 0.05) is 14.1 Å². The maximum atomic E-state index is 5.73. The summed E-state index contributed by atoms with van der Waals surface area (Å²) >= 11 is 0. The highest BCUT2D eigenvalue weighted by molar-refractivity contribution is 5.33. The van der Waals surface area contributed by atoms with E-state index in [1.165, 1.54) is 12.8 Å². The Labute approximate surface area is 109 Å². The Morgan fingerprint density at radius 1 is 1.17 bits per heavy atom. The summed E-state index contributed by atoms with van der Waals surface area (Å²) < 4.78 is 0. The molecule has 1 heterocycles. The van der Waals surface area contributed by atoms with Crippen LogP contribution in [0.5, 0.6) is 0 Å². The van der Waals surface area contributed by atoms with E-state index in [0.29, 0.717) is 5.95 Å². The van der Waals surface area contributed by atoms with Crippen molar-refractivity contribution in [1.29, 1.82) is 0 Å². The van der Waals surface area contributed by atoms with Gasteiger partial charge in [-0.05, 0) is 26.9 Å². The third-order valence-electron chi connectivity index (χ3n) is 2.96. The van der Waals surface area contributed by atoms with Crippen LogP contribution in [0.1, 0.15) is 38.6 Å². The lowest BCUT2D eigenvalue weighted by atomic mass is 10.2. The molecule has 0 amide bonds. The van der Waals surface area contributed by atoms with Crippen molar-refractivity contribution in [1.82, 2.24) is 19.9 Å². The van der Waals surface area contributed by atoms with E-state index < -0.39 is 0 Å². The van der Waals surface area contributed by atoms with Gasteiger partial charge in [0.15, 0.2) is 5.82 Å². The summed E-state index contributed by atoms with van der Waals surface area (Å²) in [5.74, 6) is 1.61. The molecule has 0 aromatic carbocycles. The molecule has 0 saturated carbocycles. The third kappa shape index (κ3) is 3.80. The summed E-state index contributed by atoms with van der Waals surface area (Å²) in [6.07, 6.45) is 2.35. The summed E-state index contributed by atoms with van der Waals surface area (Å²) in [6, 6.07) is 0.139. The zero-order chi connectivity index (χ0) is 13.7. The maximum Gasteiger partial charge on any atom is 0.229 e. The molecule has 6 heteroatoms. The van der Waals surface area contributed by atoms with Gasteiger partial charge in [0.25, 0.3) is 0 Å². The summed E-state index contributed by atoms with van der Waals surface area (Å²) in [5, 5.41) is 0. The van der Waals surface area contributed by atoms with E-state index in [9.17, 15) is 0 Å². The monoisotopic (exact) mass is 252 g/mol. The van der Waals surface area contributed by atoms with Gasteiger partial charge in [-0.1, -0.05) is 13.3 Å². The Morgan fingerprint density at radius 2 is 1.83 bits per heavy atom. The first-order valence-electron chi connectivity index (χ1n) is 6.34. The predicted octanol–water partition coefficient (Wildman–Crippen LogP) is 1.31. The fourth-order valence-electron chi connectivity index (χ4n) is 1.58. The highest BCUT2D eigenvalue weighted by Gasteiger charge is 2.16. The van der Waals surface area contributed by atoms with Crippen LogP contribution in [0.15, 0.2) is 0 Å². The Bertz CT molecular complexity index is 379. The summed E-state index contributed by atoms with van der Waals surface area (Å²) in [7, 11) is 5.86. The van der Waals surface area contributed by atoms with Crippen molar-refractivity contribution in [2.45, 2.75) is 32.7 Å². The molecule has 1 aromatic rings. The van der Waals surface area contributed by atoms with E-state index in [-0.39, 0.29) is 12.0 Å². The van der Waals surface area contributed by atoms with E-state index in [1.807, 2.05) is 19.0 Å². The smallest absolute Gasteiger partial charge is 0.229 e. The Balaban J connectivity index is 2.87. The van der Waals surface area contributed by atoms with Crippen LogP contribution in [0.25, 0.3) is 0 Å². The second kappa shape index (κ2) is 6.49. The van der Waals surface area contributed by atoms with Crippen molar-refractivity contribution in [2.24, 2.45) is 0 Å². The lowest BCUT2D eigenvalue weighted by Gasteiger charge is -2.24. The lowest BCUT2D eigenvalue weighted by molar-refractivity contribution is 0.248. The van der Waals surface area contributed by atoms with Gasteiger partial charge in [-0.3, -0.25) is 4.90 Å². The number of hydrogen-bond donors (Lipinski definition) is 1. The van der Waals surface area contributed by atoms with Gasteiger partial charge >= 0.3 is 0 Å². The standard InChI is InChI=1S/C12H24N6/c1-6-7-8-18(5)9(2)10-14-11(13)16-12(15-10)17(3)4/h9H,6-8H2,1-5H3,(H2,13,14,15,16). The Hall–Kier alpha value is -1.43. The largest absolute Gasteiger partial charge is 0.368 e. The Morgan fingerprint density at radius 3 is 2.39 bits per heavy atom. The topological polar surface area (TPSA) is 71.2 Å². The van der Waals surface area contributed by atoms with Crippen LogP contribution < -0.4 is 10.6 Å². The third-order valence-corrected chi connectivity index (χ3v) is 2.96. The summed E-state index contributed by atoms with van der Waals surface area (Å²) in [6.45, 7) is 5.30. The number of rotatable bonds is 6. The van der Waals surface area contributed by atoms with Gasteiger partial charge in [-0.25, -0.2) is 0 Å². The van der Waals surface area contributed by atoms with E-state index >= 15 is 0 Å². The normalized spacial score (nSPS) is 12.8. The van der Waals surface area contributed by atoms with Gasteiger partial charge in [-0.15, -0.1) is 0 Å². The van der Waals surface area contributed by atoms with Gasteiger partial charge in [-0.2, -0.15) is 15.0 Å². The van der Waals surface area contributed by atoms with Crippen LogP contribution in [0.3, 0.4) is 0 Å². The number of hydrogen-bond acceptors (Lipinski definition) is 6. The number of aromatic nitrogens is 3. The molecule has 0 saturated heterocycles. The molecule has 0 bridgehead atoms. The van der Waals surface area contributed by atoms with E-state index in [4.69, 9.17) is 5.73 Å². The molecule has 0 fully saturated rings.